The molecule has 1 aliphatic heterocycles. The summed E-state index contributed by atoms with van der Waals surface area (Å²) < 4.78 is 7.39. The lowest BCUT2D eigenvalue weighted by atomic mass is 10.2. The standard InChI is InChI=1S/C23H23N5O3S/c29-21-20(25-26-22(30)32-23-24-17-10-4-6-12-19(17)31-23)16-9-3-5-11-18(16)28(21)15-27-13-7-1-2-8-14-27/h3-6,9-12,29H,1-2,7-8,13-15H2. The summed E-state index contributed by atoms with van der Waals surface area (Å²) in [5.41, 5.74) is 2.44. The highest BCUT2D eigenvalue weighted by molar-refractivity contribution is 8.13. The summed E-state index contributed by atoms with van der Waals surface area (Å²) in [6.07, 6.45) is 4.81. The van der Waals surface area contributed by atoms with E-state index < -0.39 is 5.24 Å². The lowest BCUT2D eigenvalue weighted by Gasteiger charge is -2.21. The number of thioether (sulfide) groups is 1. The minimum absolute atomic E-state index is 0.0128. The van der Waals surface area contributed by atoms with Crippen LogP contribution in [-0.4, -0.2) is 37.9 Å². The number of azo groups is 1. The van der Waals surface area contributed by atoms with Gasteiger partial charge >= 0.3 is 5.24 Å². The van der Waals surface area contributed by atoms with E-state index in [1.807, 2.05) is 47.0 Å². The smallest absolute Gasteiger partial charge is 0.332 e. The number of hydrogen-bond acceptors (Lipinski definition) is 7. The Bertz CT molecular complexity index is 1250. The molecule has 0 atom stereocenters. The summed E-state index contributed by atoms with van der Waals surface area (Å²) in [6.45, 7) is 2.58. The first-order valence-corrected chi connectivity index (χ1v) is 11.5. The zero-order chi connectivity index (χ0) is 21.9. The van der Waals surface area contributed by atoms with Crippen LogP contribution >= 0.6 is 11.8 Å². The average Bonchev–Trinajstić information content (AvgIpc) is 3.19. The Morgan fingerprint density at radius 3 is 2.62 bits per heavy atom. The largest absolute Gasteiger partial charge is 0.493 e. The first-order chi connectivity index (χ1) is 15.7. The summed E-state index contributed by atoms with van der Waals surface area (Å²) in [7, 11) is 0. The molecule has 32 heavy (non-hydrogen) atoms. The molecule has 0 unspecified atom stereocenters. The molecule has 1 N–H and O–H groups in total. The Morgan fingerprint density at radius 2 is 1.81 bits per heavy atom. The van der Waals surface area contributed by atoms with Crippen molar-refractivity contribution in [2.45, 2.75) is 37.6 Å². The molecule has 1 aliphatic rings. The van der Waals surface area contributed by atoms with Crippen LogP contribution in [0.25, 0.3) is 22.0 Å². The van der Waals surface area contributed by atoms with E-state index in [-0.39, 0.29) is 11.1 Å². The third-order valence-electron chi connectivity index (χ3n) is 5.64. The van der Waals surface area contributed by atoms with E-state index in [0.29, 0.717) is 23.5 Å². The van der Waals surface area contributed by atoms with Gasteiger partial charge in [0, 0.05) is 17.1 Å². The van der Waals surface area contributed by atoms with Gasteiger partial charge in [-0.05, 0) is 44.1 Å². The van der Waals surface area contributed by atoms with Crippen LogP contribution in [0.3, 0.4) is 0 Å². The van der Waals surface area contributed by atoms with Gasteiger partial charge in [0.1, 0.15) is 5.52 Å². The summed E-state index contributed by atoms with van der Waals surface area (Å²) in [5.74, 6) is 0.0128. The second-order valence-corrected chi connectivity index (χ2v) is 8.71. The van der Waals surface area contributed by atoms with Crippen LogP contribution in [-0.2, 0) is 6.67 Å². The van der Waals surface area contributed by atoms with Crippen LogP contribution < -0.4 is 0 Å². The van der Waals surface area contributed by atoms with Gasteiger partial charge in [0.15, 0.2) is 11.3 Å². The Labute approximate surface area is 188 Å². The zero-order valence-electron chi connectivity index (χ0n) is 17.5. The minimum atomic E-state index is -0.569. The average molecular weight is 450 g/mol. The van der Waals surface area contributed by atoms with Crippen molar-refractivity contribution in [3.8, 4) is 5.88 Å². The topological polar surface area (TPSA) is 96.2 Å². The molecule has 2 aromatic heterocycles. The maximum Gasteiger partial charge on any atom is 0.332 e. The first-order valence-electron chi connectivity index (χ1n) is 10.7. The van der Waals surface area contributed by atoms with Crippen molar-refractivity contribution in [1.82, 2.24) is 14.5 Å². The Balaban J connectivity index is 1.38. The molecule has 0 saturated carbocycles. The number of aromatic nitrogens is 2. The maximum atomic E-state index is 12.4. The highest BCUT2D eigenvalue weighted by Gasteiger charge is 2.20. The van der Waals surface area contributed by atoms with Crippen molar-refractivity contribution in [3.63, 3.8) is 0 Å². The number of rotatable bonds is 4. The zero-order valence-corrected chi connectivity index (χ0v) is 18.3. The van der Waals surface area contributed by atoms with Crippen molar-refractivity contribution in [1.29, 1.82) is 0 Å². The highest BCUT2D eigenvalue weighted by Crippen LogP contribution is 2.39. The van der Waals surface area contributed by atoms with Crippen molar-refractivity contribution < 1.29 is 14.3 Å². The SMILES string of the molecule is O=C(N=Nc1c(O)n(CN2CCCCCC2)c2ccccc12)Sc1nc2ccccc2o1. The number of nitrogens with zero attached hydrogens (tertiary/aromatic N) is 5. The summed E-state index contributed by atoms with van der Waals surface area (Å²) in [6, 6.07) is 14.9. The van der Waals surface area contributed by atoms with Gasteiger partial charge in [0.2, 0.25) is 5.88 Å². The van der Waals surface area contributed by atoms with Gasteiger partial charge in [-0.2, -0.15) is 0 Å². The molecule has 0 radical (unpaired) electrons. The van der Waals surface area contributed by atoms with Crippen LogP contribution in [0, 0.1) is 0 Å². The number of fused-ring (bicyclic) bond motifs is 2. The molecule has 0 aliphatic carbocycles. The molecular weight excluding hydrogens is 426 g/mol. The van der Waals surface area contributed by atoms with Crippen molar-refractivity contribution in [2.24, 2.45) is 10.2 Å². The van der Waals surface area contributed by atoms with E-state index >= 15 is 0 Å². The monoisotopic (exact) mass is 449 g/mol. The van der Waals surface area contributed by atoms with Crippen molar-refractivity contribution in [3.05, 3.63) is 48.5 Å². The van der Waals surface area contributed by atoms with Gasteiger partial charge in [0.25, 0.3) is 5.22 Å². The van der Waals surface area contributed by atoms with Crippen LogP contribution in [0.15, 0.2) is 68.4 Å². The first kappa shape index (κ1) is 20.7. The lowest BCUT2D eigenvalue weighted by molar-refractivity contribution is 0.219. The van der Waals surface area contributed by atoms with Gasteiger partial charge in [0.05, 0.1) is 12.2 Å². The molecule has 2 aromatic carbocycles. The van der Waals surface area contributed by atoms with Gasteiger partial charge < -0.3 is 9.52 Å². The number of aromatic hydroxyl groups is 1. The number of benzene rings is 2. The number of hydrogen-bond donors (Lipinski definition) is 1. The van der Waals surface area contributed by atoms with E-state index in [4.69, 9.17) is 4.42 Å². The third-order valence-corrected chi connectivity index (χ3v) is 6.24. The summed E-state index contributed by atoms with van der Waals surface area (Å²) >= 11 is 0.764. The van der Waals surface area contributed by atoms with Crippen LogP contribution in [0.5, 0.6) is 5.88 Å². The number of carbonyl (C=O) groups excluding carboxylic acids is 1. The van der Waals surface area contributed by atoms with Gasteiger partial charge in [-0.3, -0.25) is 14.3 Å². The van der Waals surface area contributed by atoms with E-state index in [1.54, 1.807) is 6.07 Å². The normalized spacial score (nSPS) is 15.6. The lowest BCUT2D eigenvalue weighted by Crippen LogP contribution is -2.27. The van der Waals surface area contributed by atoms with Gasteiger partial charge in [-0.1, -0.05) is 48.3 Å². The fraction of sp³-hybridized carbons (Fsp3) is 0.304. The Morgan fingerprint density at radius 1 is 1.06 bits per heavy atom. The molecule has 8 nitrogen and oxygen atoms in total. The molecule has 0 spiro atoms. The Kier molecular flexibility index (Phi) is 5.91. The quantitative estimate of drug-likeness (QED) is 0.289. The van der Waals surface area contributed by atoms with Crippen LogP contribution in [0.1, 0.15) is 25.7 Å². The number of para-hydroxylation sites is 3. The van der Waals surface area contributed by atoms with Crippen LogP contribution in [0.2, 0.25) is 0 Å². The summed E-state index contributed by atoms with van der Waals surface area (Å²) in [5, 5.41) is 19.3. The minimum Gasteiger partial charge on any atom is -0.493 e. The fourth-order valence-electron chi connectivity index (χ4n) is 4.07. The molecule has 3 heterocycles. The number of oxazole rings is 1. The van der Waals surface area contributed by atoms with Gasteiger partial charge in [-0.15, -0.1) is 5.11 Å². The highest BCUT2D eigenvalue weighted by atomic mass is 32.2. The summed E-state index contributed by atoms with van der Waals surface area (Å²) in [4.78, 5) is 19.0. The number of likely N-dealkylation sites (tertiary alicyclic amines) is 1. The molecule has 164 valence electrons. The van der Waals surface area contributed by atoms with E-state index in [1.165, 1.54) is 12.8 Å². The van der Waals surface area contributed by atoms with E-state index in [9.17, 15) is 9.90 Å². The second-order valence-electron chi connectivity index (χ2n) is 7.81. The van der Waals surface area contributed by atoms with Gasteiger partial charge in [-0.25, -0.2) is 4.98 Å². The molecule has 1 fully saturated rings. The van der Waals surface area contributed by atoms with Crippen molar-refractivity contribution >= 4 is 44.7 Å². The second kappa shape index (κ2) is 9.13. The molecule has 0 bridgehead atoms. The molecule has 1 saturated heterocycles. The Hall–Kier alpha value is -3.17. The van der Waals surface area contributed by atoms with Crippen LogP contribution in [0.4, 0.5) is 10.5 Å². The van der Waals surface area contributed by atoms with E-state index in [2.05, 4.69) is 20.1 Å². The molecule has 4 aromatic rings. The van der Waals surface area contributed by atoms with E-state index in [0.717, 1.165) is 48.6 Å². The van der Waals surface area contributed by atoms with Crippen molar-refractivity contribution in [2.75, 3.05) is 13.1 Å². The fourth-order valence-corrected chi connectivity index (χ4v) is 4.58. The predicted molar refractivity (Wildman–Crippen MR) is 123 cm³/mol. The third kappa shape index (κ3) is 4.26. The number of carbonyl (C=O) groups is 1. The molecule has 1 amide bonds. The predicted octanol–water partition coefficient (Wildman–Crippen LogP) is 6.32. The molecule has 5 rings (SSSR count). The maximum absolute atomic E-state index is 12.4. The number of amides is 1. The molecule has 9 heteroatoms. The molecular formula is C23H23N5O3S.